The minimum Gasteiger partial charge on any atom is -0.456 e. The monoisotopic (exact) mass is 402 g/mol. The molecule has 0 spiro atoms. The highest BCUT2D eigenvalue weighted by atomic mass is 19.1. The predicted octanol–water partition coefficient (Wildman–Crippen LogP) is 3.10. The zero-order valence-electron chi connectivity index (χ0n) is 16.4. The van der Waals surface area contributed by atoms with Crippen LogP contribution in [0.3, 0.4) is 0 Å². The number of benzene rings is 1. The van der Waals surface area contributed by atoms with Gasteiger partial charge in [-0.1, -0.05) is 12.1 Å². The molecule has 5 rings (SSSR count). The summed E-state index contributed by atoms with van der Waals surface area (Å²) in [6.45, 7) is -0.490. The number of esters is 1. The fraction of sp³-hybridized carbons (Fsp3) is 0.591. The van der Waals surface area contributed by atoms with Crippen molar-refractivity contribution in [1.82, 2.24) is 10.6 Å². The average Bonchev–Trinajstić information content (AvgIpc) is 2.64. The Morgan fingerprint density at radius 1 is 1.00 bits per heavy atom. The van der Waals surface area contributed by atoms with Crippen LogP contribution in [0.15, 0.2) is 24.3 Å². The third-order valence-corrected chi connectivity index (χ3v) is 6.57. The third kappa shape index (κ3) is 4.95. The van der Waals surface area contributed by atoms with Crippen molar-refractivity contribution in [2.75, 3.05) is 6.61 Å². The molecule has 1 aromatic rings. The molecule has 0 heterocycles. The van der Waals surface area contributed by atoms with Crippen LogP contribution in [0.2, 0.25) is 0 Å². The molecule has 4 bridgehead atoms. The summed E-state index contributed by atoms with van der Waals surface area (Å²) in [5.74, 6) is 0.575. The van der Waals surface area contributed by atoms with E-state index < -0.39 is 24.5 Å². The average molecular weight is 402 g/mol. The molecule has 7 heteroatoms. The van der Waals surface area contributed by atoms with Gasteiger partial charge in [0.05, 0.1) is 0 Å². The van der Waals surface area contributed by atoms with Crippen LogP contribution in [0.4, 0.5) is 9.18 Å². The maximum absolute atomic E-state index is 12.9. The predicted molar refractivity (Wildman–Crippen MR) is 103 cm³/mol. The first kappa shape index (κ1) is 19.9. The van der Waals surface area contributed by atoms with E-state index in [0.717, 1.165) is 24.8 Å². The lowest BCUT2D eigenvalue weighted by Crippen LogP contribution is -2.62. The van der Waals surface area contributed by atoms with E-state index >= 15 is 0 Å². The van der Waals surface area contributed by atoms with E-state index in [1.807, 2.05) is 0 Å². The van der Waals surface area contributed by atoms with Crippen LogP contribution in [0, 0.1) is 23.6 Å². The lowest BCUT2D eigenvalue weighted by Gasteiger charge is -2.56. The van der Waals surface area contributed by atoms with Crippen LogP contribution in [0.5, 0.6) is 0 Å². The summed E-state index contributed by atoms with van der Waals surface area (Å²) in [7, 11) is 0. The van der Waals surface area contributed by atoms with Crippen LogP contribution in [-0.2, 0) is 20.7 Å². The SMILES string of the molecule is O=C(COC(=O)CCc1ccc(F)cc1)NC(=O)NC12CC3CC(CC(C3)C1)C2. The molecule has 6 nitrogen and oxygen atoms in total. The molecular weight excluding hydrogens is 375 g/mol. The highest BCUT2D eigenvalue weighted by molar-refractivity contribution is 5.95. The van der Waals surface area contributed by atoms with Crippen molar-refractivity contribution in [2.24, 2.45) is 17.8 Å². The first-order valence-corrected chi connectivity index (χ1v) is 10.4. The summed E-state index contributed by atoms with van der Waals surface area (Å²) < 4.78 is 17.8. The maximum atomic E-state index is 12.9. The smallest absolute Gasteiger partial charge is 0.321 e. The van der Waals surface area contributed by atoms with Crippen molar-refractivity contribution in [1.29, 1.82) is 0 Å². The Balaban J connectivity index is 1.17. The fourth-order valence-electron chi connectivity index (χ4n) is 5.81. The number of carbonyl (C=O) groups excluding carboxylic acids is 3. The van der Waals surface area contributed by atoms with Gasteiger partial charge in [-0.3, -0.25) is 14.9 Å². The Kier molecular flexibility index (Phi) is 5.56. The molecular formula is C22H27FN2O4. The summed E-state index contributed by atoms with van der Waals surface area (Å²) in [5.41, 5.74) is 0.632. The Morgan fingerprint density at radius 3 is 2.17 bits per heavy atom. The second kappa shape index (κ2) is 8.13. The summed E-state index contributed by atoms with van der Waals surface area (Å²) in [5, 5.41) is 5.33. The van der Waals surface area contributed by atoms with E-state index in [2.05, 4.69) is 10.6 Å². The van der Waals surface area contributed by atoms with E-state index in [4.69, 9.17) is 4.74 Å². The van der Waals surface area contributed by atoms with E-state index in [9.17, 15) is 18.8 Å². The van der Waals surface area contributed by atoms with Gasteiger partial charge in [-0.15, -0.1) is 0 Å². The van der Waals surface area contributed by atoms with Crippen molar-refractivity contribution < 1.29 is 23.5 Å². The number of carbonyl (C=O) groups is 3. The summed E-state index contributed by atoms with van der Waals surface area (Å²) in [6, 6.07) is 5.36. The molecule has 0 atom stereocenters. The molecule has 29 heavy (non-hydrogen) atoms. The largest absolute Gasteiger partial charge is 0.456 e. The number of halogens is 1. The molecule has 2 N–H and O–H groups in total. The fourth-order valence-corrected chi connectivity index (χ4v) is 5.81. The van der Waals surface area contributed by atoms with Crippen LogP contribution < -0.4 is 10.6 Å². The first-order chi connectivity index (χ1) is 13.9. The number of urea groups is 1. The molecule has 3 amide bonds. The van der Waals surface area contributed by atoms with Gasteiger partial charge in [0.1, 0.15) is 5.82 Å². The standard InChI is InChI=1S/C22H27FN2O4/c23-18-4-1-14(2-5-18)3-6-20(27)29-13-19(26)24-21(28)25-22-10-15-7-16(11-22)9-17(8-15)12-22/h1-2,4-5,15-17H,3,6-13H2,(H2,24,25,26,28). The number of ether oxygens (including phenoxy) is 1. The van der Waals surface area contributed by atoms with Crippen LogP contribution >= 0.6 is 0 Å². The van der Waals surface area contributed by atoms with Gasteiger partial charge in [-0.05, 0) is 80.4 Å². The molecule has 1 aromatic carbocycles. The van der Waals surface area contributed by atoms with E-state index in [0.29, 0.717) is 24.2 Å². The number of amides is 3. The molecule has 4 aliphatic carbocycles. The number of imide groups is 1. The van der Waals surface area contributed by atoms with Crippen molar-refractivity contribution in [3.63, 3.8) is 0 Å². The molecule has 0 aliphatic heterocycles. The second-order valence-corrected chi connectivity index (χ2v) is 8.99. The third-order valence-electron chi connectivity index (χ3n) is 6.57. The quantitative estimate of drug-likeness (QED) is 0.716. The molecule has 0 aromatic heterocycles. The number of aryl methyl sites for hydroxylation is 1. The van der Waals surface area contributed by atoms with Gasteiger partial charge >= 0.3 is 12.0 Å². The van der Waals surface area contributed by atoms with Gasteiger partial charge in [-0.2, -0.15) is 0 Å². The topological polar surface area (TPSA) is 84.5 Å². The number of hydrogen-bond donors (Lipinski definition) is 2. The lowest BCUT2D eigenvalue weighted by molar-refractivity contribution is -0.148. The molecule has 4 fully saturated rings. The highest BCUT2D eigenvalue weighted by Gasteiger charge is 2.51. The Hall–Kier alpha value is -2.44. The minimum absolute atomic E-state index is 0.0817. The van der Waals surface area contributed by atoms with Crippen molar-refractivity contribution in [3.05, 3.63) is 35.6 Å². The number of rotatable bonds is 6. The Labute approximate surface area is 169 Å². The van der Waals surface area contributed by atoms with Gasteiger partial charge in [-0.25, -0.2) is 9.18 Å². The van der Waals surface area contributed by atoms with Crippen LogP contribution in [0.1, 0.15) is 50.5 Å². The molecule has 0 saturated heterocycles. The zero-order valence-corrected chi connectivity index (χ0v) is 16.4. The lowest BCUT2D eigenvalue weighted by atomic mass is 9.53. The van der Waals surface area contributed by atoms with E-state index in [-0.39, 0.29) is 17.8 Å². The van der Waals surface area contributed by atoms with Gasteiger partial charge in [0.15, 0.2) is 6.61 Å². The van der Waals surface area contributed by atoms with Crippen molar-refractivity contribution in [3.8, 4) is 0 Å². The maximum Gasteiger partial charge on any atom is 0.321 e. The Bertz CT molecular complexity index is 757. The molecule has 4 saturated carbocycles. The van der Waals surface area contributed by atoms with Gasteiger partial charge in [0, 0.05) is 12.0 Å². The minimum atomic E-state index is -0.637. The zero-order chi connectivity index (χ0) is 20.4. The molecule has 4 aliphatic rings. The first-order valence-electron chi connectivity index (χ1n) is 10.4. The normalized spacial score (nSPS) is 29.3. The van der Waals surface area contributed by atoms with Gasteiger partial charge in [0.25, 0.3) is 5.91 Å². The Morgan fingerprint density at radius 2 is 1.59 bits per heavy atom. The van der Waals surface area contributed by atoms with Crippen molar-refractivity contribution in [2.45, 2.75) is 56.9 Å². The number of nitrogens with one attached hydrogen (secondary N) is 2. The van der Waals surface area contributed by atoms with Gasteiger partial charge < -0.3 is 10.1 Å². The summed E-state index contributed by atoms with van der Waals surface area (Å²) in [4.78, 5) is 36.1. The van der Waals surface area contributed by atoms with Crippen LogP contribution in [-0.4, -0.2) is 30.1 Å². The second-order valence-electron chi connectivity index (χ2n) is 8.99. The summed E-state index contributed by atoms with van der Waals surface area (Å²) >= 11 is 0. The van der Waals surface area contributed by atoms with E-state index in [1.165, 1.54) is 31.4 Å². The van der Waals surface area contributed by atoms with Gasteiger partial charge in [0.2, 0.25) is 0 Å². The molecule has 0 unspecified atom stereocenters. The molecule has 156 valence electrons. The summed E-state index contributed by atoms with van der Waals surface area (Å²) in [6.07, 6.45) is 7.29. The number of hydrogen-bond acceptors (Lipinski definition) is 4. The van der Waals surface area contributed by atoms with Crippen molar-refractivity contribution >= 4 is 17.9 Å². The van der Waals surface area contributed by atoms with E-state index in [1.54, 1.807) is 12.1 Å². The highest BCUT2D eigenvalue weighted by Crippen LogP contribution is 2.55. The van der Waals surface area contributed by atoms with Crippen LogP contribution in [0.25, 0.3) is 0 Å². The molecule has 0 radical (unpaired) electrons.